The van der Waals surface area contributed by atoms with Gasteiger partial charge in [0.15, 0.2) is 11.5 Å². The molecule has 44 heavy (non-hydrogen) atoms. The molecule has 1 N–H and O–H groups in total. The van der Waals surface area contributed by atoms with Crippen LogP contribution in [0.3, 0.4) is 0 Å². The Labute approximate surface area is 258 Å². The van der Waals surface area contributed by atoms with Crippen molar-refractivity contribution in [3.8, 4) is 11.3 Å². The summed E-state index contributed by atoms with van der Waals surface area (Å²) in [5, 5.41) is 9.54. The molecule has 1 amide bonds. The molecule has 0 bridgehead atoms. The van der Waals surface area contributed by atoms with Crippen LogP contribution in [0.15, 0.2) is 65.8 Å². The zero-order chi connectivity index (χ0) is 30.7. The van der Waals surface area contributed by atoms with E-state index in [9.17, 15) is 4.79 Å². The molecule has 0 aliphatic carbocycles. The lowest BCUT2D eigenvalue weighted by Gasteiger charge is -2.37. The molecule has 4 aromatic rings. The Kier molecular flexibility index (Phi) is 8.38. The van der Waals surface area contributed by atoms with Crippen LogP contribution in [0.1, 0.15) is 31.9 Å². The van der Waals surface area contributed by atoms with Gasteiger partial charge in [-0.25, -0.2) is 9.78 Å². The molecule has 11 heteroatoms. The summed E-state index contributed by atoms with van der Waals surface area (Å²) in [6.45, 7) is 13.2. The molecule has 2 fully saturated rings. The largest absolute Gasteiger partial charge is 0.444 e. The number of carbonyl (C=O) groups excluding carboxylic acids is 1. The van der Waals surface area contributed by atoms with Crippen LogP contribution in [-0.4, -0.2) is 89.9 Å². The van der Waals surface area contributed by atoms with E-state index in [0.717, 1.165) is 47.1 Å². The Morgan fingerprint density at radius 3 is 2.48 bits per heavy atom. The van der Waals surface area contributed by atoms with Gasteiger partial charge in [-0.3, -0.25) is 5.43 Å². The van der Waals surface area contributed by atoms with Gasteiger partial charge in [0.2, 0.25) is 0 Å². The summed E-state index contributed by atoms with van der Waals surface area (Å²) in [6, 6.07) is 20.5. The van der Waals surface area contributed by atoms with E-state index in [-0.39, 0.29) is 6.09 Å². The van der Waals surface area contributed by atoms with Gasteiger partial charge in [0.1, 0.15) is 11.4 Å². The van der Waals surface area contributed by atoms with Gasteiger partial charge in [-0.15, -0.1) is 0 Å². The Morgan fingerprint density at radius 2 is 1.73 bits per heavy atom. The third-order valence-electron chi connectivity index (χ3n) is 7.63. The van der Waals surface area contributed by atoms with Crippen LogP contribution in [0.4, 0.5) is 22.1 Å². The molecule has 0 radical (unpaired) electrons. The number of ether oxygens (including phenoxy) is 2. The van der Waals surface area contributed by atoms with E-state index in [0.29, 0.717) is 45.2 Å². The lowest BCUT2D eigenvalue weighted by atomic mass is 10.1. The van der Waals surface area contributed by atoms with E-state index in [1.807, 2.05) is 61.7 Å². The molecule has 230 valence electrons. The Hall–Kier alpha value is -4.64. The van der Waals surface area contributed by atoms with Crippen LogP contribution in [0.25, 0.3) is 16.9 Å². The second-order valence-corrected chi connectivity index (χ2v) is 12.2. The smallest absolute Gasteiger partial charge is 0.410 e. The molecule has 2 aliphatic heterocycles. The minimum Gasteiger partial charge on any atom is -0.444 e. The summed E-state index contributed by atoms with van der Waals surface area (Å²) in [4.78, 5) is 23.9. The summed E-state index contributed by atoms with van der Waals surface area (Å²) in [5.41, 5.74) is 8.47. The molecule has 0 spiro atoms. The number of aromatic nitrogens is 3. The third-order valence-corrected chi connectivity index (χ3v) is 7.63. The first-order valence-corrected chi connectivity index (χ1v) is 15.1. The fourth-order valence-corrected chi connectivity index (χ4v) is 5.51. The average molecular weight is 597 g/mol. The maximum Gasteiger partial charge on any atom is 0.410 e. The van der Waals surface area contributed by atoms with E-state index in [1.165, 1.54) is 5.56 Å². The van der Waals surface area contributed by atoms with Crippen LogP contribution in [0, 0.1) is 6.92 Å². The second kappa shape index (κ2) is 12.5. The fraction of sp³-hybridized carbons (Fsp3) is 0.394. The topological polar surface area (TPSA) is 99.8 Å². The maximum atomic E-state index is 12.6. The van der Waals surface area contributed by atoms with Crippen molar-refractivity contribution < 1.29 is 14.3 Å². The van der Waals surface area contributed by atoms with E-state index in [4.69, 9.17) is 19.6 Å². The number of morpholine rings is 1. The fourth-order valence-electron chi connectivity index (χ4n) is 5.51. The van der Waals surface area contributed by atoms with Crippen LogP contribution in [0.5, 0.6) is 0 Å². The van der Waals surface area contributed by atoms with Gasteiger partial charge in [-0.1, -0.05) is 48.0 Å². The van der Waals surface area contributed by atoms with Gasteiger partial charge >= 0.3 is 6.09 Å². The number of nitrogens with one attached hydrogen (secondary N) is 1. The minimum atomic E-state index is -0.513. The van der Waals surface area contributed by atoms with Gasteiger partial charge in [0.05, 0.1) is 25.1 Å². The highest BCUT2D eigenvalue weighted by atomic mass is 16.6. The molecular formula is C33H40N8O3. The Balaban J connectivity index is 1.28. The number of hydrazone groups is 1. The van der Waals surface area contributed by atoms with Crippen molar-refractivity contribution in [3.05, 3.63) is 71.8 Å². The average Bonchev–Trinajstić information content (AvgIpc) is 3.45. The number of para-hydroxylation sites is 1. The van der Waals surface area contributed by atoms with E-state index >= 15 is 0 Å². The lowest BCUT2D eigenvalue weighted by Crippen LogP contribution is -2.50. The van der Waals surface area contributed by atoms with Crippen LogP contribution in [-0.2, 0) is 9.47 Å². The van der Waals surface area contributed by atoms with Crippen molar-refractivity contribution >= 4 is 35.3 Å². The molecule has 6 rings (SSSR count). The first-order chi connectivity index (χ1) is 21.2. The Morgan fingerprint density at radius 1 is 0.955 bits per heavy atom. The molecule has 0 saturated carbocycles. The third kappa shape index (κ3) is 6.78. The number of fused-ring (bicyclic) bond motifs is 1. The summed E-state index contributed by atoms with van der Waals surface area (Å²) < 4.78 is 13.1. The monoisotopic (exact) mass is 596 g/mol. The molecule has 2 aromatic carbocycles. The summed E-state index contributed by atoms with van der Waals surface area (Å²) in [5.74, 6) is 1.57. The first-order valence-electron chi connectivity index (χ1n) is 15.1. The number of nitrogens with zero attached hydrogens (tertiary/aromatic N) is 7. The van der Waals surface area contributed by atoms with E-state index in [1.54, 1.807) is 11.1 Å². The molecule has 2 aliphatic rings. The van der Waals surface area contributed by atoms with Gasteiger partial charge in [0.25, 0.3) is 0 Å². The van der Waals surface area contributed by atoms with Crippen molar-refractivity contribution in [2.45, 2.75) is 33.3 Å². The maximum absolute atomic E-state index is 12.6. The number of amides is 1. The molecule has 2 aromatic heterocycles. The molecule has 0 atom stereocenters. The highest BCUT2D eigenvalue weighted by molar-refractivity contribution is 5.81. The number of hydrogen-bond donors (Lipinski definition) is 1. The molecule has 0 unspecified atom stereocenters. The summed E-state index contributed by atoms with van der Waals surface area (Å²) in [7, 11) is 0. The number of aryl methyl sites for hydroxylation is 1. The van der Waals surface area contributed by atoms with Crippen LogP contribution < -0.4 is 15.2 Å². The Bertz CT molecular complexity index is 1650. The summed E-state index contributed by atoms with van der Waals surface area (Å²) in [6.07, 6.45) is 1.54. The van der Waals surface area contributed by atoms with Crippen molar-refractivity contribution in [1.82, 2.24) is 19.5 Å². The van der Waals surface area contributed by atoms with Gasteiger partial charge in [-0.2, -0.15) is 14.7 Å². The zero-order valence-corrected chi connectivity index (χ0v) is 25.9. The van der Waals surface area contributed by atoms with Crippen LogP contribution in [0.2, 0.25) is 0 Å². The molecule has 11 nitrogen and oxygen atoms in total. The number of rotatable bonds is 6. The van der Waals surface area contributed by atoms with E-state index in [2.05, 4.69) is 51.5 Å². The standard InChI is InChI=1S/C33H40N8O3/c1-24-8-7-9-25(20-24)23-34-36-29-22-31(39-16-18-43-19-17-39)41-30(35-29)21-27(37-41)26-10-5-6-11-28(26)38-12-14-40(15-13-38)32(42)44-33(2,3)4/h5-11,20-23H,12-19H2,1-4H3,(H,35,36). The predicted molar refractivity (Wildman–Crippen MR) is 174 cm³/mol. The predicted octanol–water partition coefficient (Wildman–Crippen LogP) is 5.04. The molecule has 2 saturated heterocycles. The lowest BCUT2D eigenvalue weighted by molar-refractivity contribution is 0.0240. The van der Waals surface area contributed by atoms with Crippen molar-refractivity contribution in [1.29, 1.82) is 0 Å². The first kappa shape index (κ1) is 29.4. The minimum absolute atomic E-state index is 0.264. The van der Waals surface area contributed by atoms with Crippen molar-refractivity contribution in [2.75, 3.05) is 67.7 Å². The normalized spacial score (nSPS) is 16.1. The quantitative estimate of drug-likeness (QED) is 0.244. The SMILES string of the molecule is Cc1cccc(C=NNc2cc(N3CCOCC3)n3nc(-c4ccccc4N4CCN(C(=O)OC(C)(C)C)CC4)cc3n2)c1. The number of anilines is 3. The zero-order valence-electron chi connectivity index (χ0n) is 25.9. The van der Waals surface area contributed by atoms with Crippen molar-refractivity contribution in [3.63, 3.8) is 0 Å². The number of carbonyl (C=O) groups is 1. The number of benzene rings is 2. The highest BCUT2D eigenvalue weighted by Crippen LogP contribution is 2.33. The molecule has 4 heterocycles. The summed E-state index contributed by atoms with van der Waals surface area (Å²) >= 11 is 0. The van der Waals surface area contributed by atoms with Crippen LogP contribution >= 0.6 is 0 Å². The van der Waals surface area contributed by atoms with Gasteiger partial charge < -0.3 is 24.2 Å². The number of hydrogen-bond acceptors (Lipinski definition) is 9. The van der Waals surface area contributed by atoms with Gasteiger partial charge in [0, 0.05) is 62.7 Å². The van der Waals surface area contributed by atoms with Gasteiger partial charge in [-0.05, 0) is 39.3 Å². The molecular weight excluding hydrogens is 556 g/mol. The highest BCUT2D eigenvalue weighted by Gasteiger charge is 2.27. The van der Waals surface area contributed by atoms with E-state index < -0.39 is 5.60 Å². The number of piperazine rings is 1. The van der Waals surface area contributed by atoms with Crippen molar-refractivity contribution in [2.24, 2.45) is 5.10 Å². The second-order valence-electron chi connectivity index (χ2n) is 12.2.